The molecule has 0 aromatic heterocycles. The van der Waals surface area contributed by atoms with Crippen LogP contribution < -0.4 is 5.32 Å². The van der Waals surface area contributed by atoms with Gasteiger partial charge in [0.15, 0.2) is 9.84 Å². The Morgan fingerprint density at radius 3 is 2.50 bits per heavy atom. The third kappa shape index (κ3) is 4.17. The van der Waals surface area contributed by atoms with Crippen molar-refractivity contribution in [2.24, 2.45) is 0 Å². The zero-order valence-corrected chi connectivity index (χ0v) is 12.5. The number of sulfone groups is 1. The number of nitrogens with one attached hydrogen (secondary N) is 1. The van der Waals surface area contributed by atoms with Gasteiger partial charge in [0.1, 0.15) is 0 Å². The van der Waals surface area contributed by atoms with E-state index in [0.29, 0.717) is 11.3 Å². The molecule has 0 heterocycles. The lowest BCUT2D eigenvalue weighted by molar-refractivity contribution is -0.115. The summed E-state index contributed by atoms with van der Waals surface area (Å²) in [7, 11) is -3.47. The number of amides is 1. The highest BCUT2D eigenvalue weighted by atomic mass is 32.2. The molecule has 0 aliphatic rings. The number of anilines is 1. The smallest absolute Gasteiger partial charge is 0.225 e. The topological polar surface area (TPSA) is 87.0 Å². The Morgan fingerprint density at radius 1 is 1.09 bits per heavy atom. The van der Waals surface area contributed by atoms with E-state index in [2.05, 4.69) is 5.32 Å². The summed E-state index contributed by atoms with van der Waals surface area (Å²) in [6, 6.07) is 16.4. The zero-order valence-electron chi connectivity index (χ0n) is 11.7. The molecule has 0 fully saturated rings. The van der Waals surface area contributed by atoms with Gasteiger partial charge in [-0.15, -0.1) is 0 Å². The van der Waals surface area contributed by atoms with E-state index >= 15 is 0 Å². The molecular formula is C16H14N2O3S. The van der Waals surface area contributed by atoms with Crippen LogP contribution in [0.3, 0.4) is 0 Å². The molecule has 2 rings (SSSR count). The van der Waals surface area contributed by atoms with Crippen molar-refractivity contribution >= 4 is 21.4 Å². The fourth-order valence-corrected chi connectivity index (χ4v) is 3.12. The molecule has 0 bridgehead atoms. The van der Waals surface area contributed by atoms with Crippen molar-refractivity contribution in [1.82, 2.24) is 0 Å². The molecule has 2 aromatic rings. The molecule has 1 amide bonds. The summed E-state index contributed by atoms with van der Waals surface area (Å²) in [6.07, 6.45) is -0.145. The molecule has 0 spiro atoms. The highest BCUT2D eigenvalue weighted by Crippen LogP contribution is 2.13. The molecular weight excluding hydrogens is 300 g/mol. The van der Waals surface area contributed by atoms with E-state index in [-0.39, 0.29) is 17.1 Å². The highest BCUT2D eigenvalue weighted by molar-refractivity contribution is 7.91. The van der Waals surface area contributed by atoms with Crippen LogP contribution in [0.2, 0.25) is 0 Å². The quantitative estimate of drug-likeness (QED) is 0.917. The van der Waals surface area contributed by atoms with Gasteiger partial charge in [0.25, 0.3) is 0 Å². The maximum absolute atomic E-state index is 12.1. The predicted molar refractivity (Wildman–Crippen MR) is 82.9 cm³/mol. The van der Waals surface area contributed by atoms with Gasteiger partial charge in [-0.2, -0.15) is 5.26 Å². The molecule has 0 unspecified atom stereocenters. The molecule has 112 valence electrons. The van der Waals surface area contributed by atoms with Gasteiger partial charge in [0.2, 0.25) is 5.91 Å². The molecule has 0 aliphatic heterocycles. The standard InChI is InChI=1S/C16H14N2O3S/c17-12-13-5-4-6-14(11-13)18-16(19)9-10-22(20,21)15-7-2-1-3-8-15/h1-8,11H,9-10H2,(H,18,19). The van der Waals surface area contributed by atoms with Crippen molar-refractivity contribution in [1.29, 1.82) is 5.26 Å². The van der Waals surface area contributed by atoms with E-state index in [1.54, 1.807) is 36.4 Å². The van der Waals surface area contributed by atoms with Gasteiger partial charge < -0.3 is 5.32 Å². The molecule has 0 radical (unpaired) electrons. The summed E-state index contributed by atoms with van der Waals surface area (Å²) < 4.78 is 24.1. The fourth-order valence-electron chi connectivity index (χ4n) is 1.86. The molecule has 0 atom stereocenters. The molecule has 5 nitrogen and oxygen atoms in total. The van der Waals surface area contributed by atoms with E-state index in [9.17, 15) is 13.2 Å². The van der Waals surface area contributed by atoms with Gasteiger partial charge >= 0.3 is 0 Å². The normalized spacial score (nSPS) is 10.7. The third-order valence-corrected chi connectivity index (χ3v) is 4.71. The first-order chi connectivity index (χ1) is 10.5. The summed E-state index contributed by atoms with van der Waals surface area (Å²) in [4.78, 5) is 12.0. The lowest BCUT2D eigenvalue weighted by Crippen LogP contribution is -2.17. The minimum atomic E-state index is -3.47. The van der Waals surface area contributed by atoms with E-state index in [0.717, 1.165) is 0 Å². The minimum absolute atomic E-state index is 0.145. The van der Waals surface area contributed by atoms with Crippen molar-refractivity contribution in [3.05, 3.63) is 60.2 Å². The second kappa shape index (κ2) is 6.87. The Balaban J connectivity index is 1.97. The zero-order chi connectivity index (χ0) is 16.0. The maximum Gasteiger partial charge on any atom is 0.225 e. The third-order valence-electron chi connectivity index (χ3n) is 2.98. The molecule has 0 aliphatic carbocycles. The molecule has 2 aromatic carbocycles. The van der Waals surface area contributed by atoms with Crippen molar-refractivity contribution in [3.8, 4) is 6.07 Å². The first-order valence-electron chi connectivity index (χ1n) is 6.59. The number of nitriles is 1. The fraction of sp³-hybridized carbons (Fsp3) is 0.125. The first kappa shape index (κ1) is 15.7. The van der Waals surface area contributed by atoms with Crippen molar-refractivity contribution in [3.63, 3.8) is 0 Å². The van der Waals surface area contributed by atoms with Gasteiger partial charge in [-0.25, -0.2) is 8.42 Å². The maximum atomic E-state index is 12.1. The lowest BCUT2D eigenvalue weighted by Gasteiger charge is -2.06. The number of carbonyl (C=O) groups is 1. The van der Waals surface area contributed by atoms with Crippen LogP contribution in [0, 0.1) is 11.3 Å². The Kier molecular flexibility index (Phi) is 4.92. The summed E-state index contributed by atoms with van der Waals surface area (Å²) in [5, 5.41) is 11.4. The number of benzene rings is 2. The molecule has 0 saturated heterocycles. The number of nitrogens with zero attached hydrogens (tertiary/aromatic N) is 1. The van der Waals surface area contributed by atoms with Crippen molar-refractivity contribution in [2.45, 2.75) is 11.3 Å². The summed E-state index contributed by atoms with van der Waals surface area (Å²) in [5.74, 6) is -0.671. The molecule has 0 saturated carbocycles. The lowest BCUT2D eigenvalue weighted by atomic mass is 10.2. The molecule has 6 heteroatoms. The monoisotopic (exact) mass is 314 g/mol. The summed E-state index contributed by atoms with van der Waals surface area (Å²) in [6.45, 7) is 0. The largest absolute Gasteiger partial charge is 0.326 e. The highest BCUT2D eigenvalue weighted by Gasteiger charge is 2.16. The van der Waals surface area contributed by atoms with Crippen LogP contribution in [0.4, 0.5) is 5.69 Å². The van der Waals surface area contributed by atoms with Crippen LogP contribution in [0.1, 0.15) is 12.0 Å². The average molecular weight is 314 g/mol. The summed E-state index contributed by atoms with van der Waals surface area (Å²) in [5.41, 5.74) is 0.899. The Bertz CT molecular complexity index is 809. The van der Waals surface area contributed by atoms with Crippen LogP contribution in [-0.4, -0.2) is 20.1 Å². The number of carbonyl (C=O) groups excluding carboxylic acids is 1. The second-order valence-corrected chi connectivity index (χ2v) is 6.73. The number of rotatable bonds is 5. The second-order valence-electron chi connectivity index (χ2n) is 4.62. The van der Waals surface area contributed by atoms with Gasteiger partial charge in [-0.05, 0) is 30.3 Å². The predicted octanol–water partition coefficient (Wildman–Crippen LogP) is 2.36. The Morgan fingerprint density at radius 2 is 1.82 bits per heavy atom. The van der Waals surface area contributed by atoms with Crippen LogP contribution in [0.25, 0.3) is 0 Å². The first-order valence-corrected chi connectivity index (χ1v) is 8.24. The van der Waals surface area contributed by atoms with Crippen molar-refractivity contribution < 1.29 is 13.2 Å². The number of hydrogen-bond acceptors (Lipinski definition) is 4. The van der Waals surface area contributed by atoms with E-state index in [4.69, 9.17) is 5.26 Å². The van der Waals surface area contributed by atoms with Crippen molar-refractivity contribution in [2.75, 3.05) is 11.1 Å². The summed E-state index contributed by atoms with van der Waals surface area (Å²) >= 11 is 0. The molecule has 1 N–H and O–H groups in total. The SMILES string of the molecule is N#Cc1cccc(NC(=O)CCS(=O)(=O)c2ccccc2)c1. The number of hydrogen-bond donors (Lipinski definition) is 1. The van der Waals surface area contributed by atoms with Crippen LogP contribution in [0.5, 0.6) is 0 Å². The van der Waals surface area contributed by atoms with Gasteiger partial charge in [0.05, 0.1) is 22.3 Å². The minimum Gasteiger partial charge on any atom is -0.326 e. The van der Waals surface area contributed by atoms with Crippen LogP contribution in [0.15, 0.2) is 59.5 Å². The van der Waals surface area contributed by atoms with Gasteiger partial charge in [0, 0.05) is 12.1 Å². The van der Waals surface area contributed by atoms with Gasteiger partial charge in [-0.1, -0.05) is 24.3 Å². The van der Waals surface area contributed by atoms with Crippen LogP contribution >= 0.6 is 0 Å². The molecule has 22 heavy (non-hydrogen) atoms. The Labute approximate surface area is 129 Å². The Hall–Kier alpha value is -2.65. The van der Waals surface area contributed by atoms with Crippen LogP contribution in [-0.2, 0) is 14.6 Å². The van der Waals surface area contributed by atoms with E-state index in [1.165, 1.54) is 18.2 Å². The van der Waals surface area contributed by atoms with E-state index in [1.807, 2.05) is 6.07 Å². The van der Waals surface area contributed by atoms with Gasteiger partial charge in [-0.3, -0.25) is 4.79 Å². The van der Waals surface area contributed by atoms with E-state index < -0.39 is 15.7 Å². The average Bonchev–Trinajstić information content (AvgIpc) is 2.54.